The number of amides is 1. The number of carbonyl (C=O) groups is 1. The van der Waals surface area contributed by atoms with Crippen molar-refractivity contribution in [2.45, 2.75) is 19.8 Å². The number of hydrogen-bond donors (Lipinski definition) is 2. The highest BCUT2D eigenvalue weighted by atomic mass is 16.1. The second-order valence-corrected chi connectivity index (χ2v) is 6.72. The van der Waals surface area contributed by atoms with E-state index < -0.39 is 5.91 Å². The van der Waals surface area contributed by atoms with E-state index in [1.54, 1.807) is 23.1 Å². The first kappa shape index (κ1) is 16.3. The lowest BCUT2D eigenvalue weighted by atomic mass is 10.1. The highest BCUT2D eigenvalue weighted by molar-refractivity contribution is 5.96. The second kappa shape index (κ2) is 6.59. The molecule has 1 fully saturated rings. The van der Waals surface area contributed by atoms with E-state index in [1.165, 1.54) is 12.8 Å². The Bertz CT molecular complexity index is 960. The van der Waals surface area contributed by atoms with Gasteiger partial charge in [-0.15, -0.1) is 5.10 Å². The molecule has 3 aromatic rings. The van der Waals surface area contributed by atoms with Crippen LogP contribution in [-0.4, -0.2) is 32.4 Å². The van der Waals surface area contributed by atoms with Gasteiger partial charge in [-0.1, -0.05) is 11.3 Å². The number of aryl methyl sites for hydroxylation is 1. The first-order chi connectivity index (χ1) is 12.6. The molecule has 1 aliphatic rings. The minimum atomic E-state index is -0.495. The Hall–Kier alpha value is -3.22. The molecular weight excluding hydrogens is 328 g/mol. The van der Waals surface area contributed by atoms with Gasteiger partial charge in [-0.3, -0.25) is 9.78 Å². The Balaban J connectivity index is 1.63. The molecule has 0 spiro atoms. The Morgan fingerprint density at radius 1 is 1.31 bits per heavy atom. The summed E-state index contributed by atoms with van der Waals surface area (Å²) < 4.78 is 1.58. The molecule has 2 heterocycles. The molecule has 1 aromatic carbocycles. The highest BCUT2D eigenvalue weighted by Crippen LogP contribution is 2.29. The fourth-order valence-corrected chi connectivity index (χ4v) is 2.81. The maximum Gasteiger partial charge on any atom is 0.250 e. The van der Waals surface area contributed by atoms with Gasteiger partial charge in [-0.25, -0.2) is 4.68 Å². The summed E-state index contributed by atoms with van der Waals surface area (Å²) in [6.07, 6.45) is 7.94. The van der Waals surface area contributed by atoms with Crippen molar-refractivity contribution in [3.63, 3.8) is 0 Å². The standard InChI is InChI=1S/C19H20N6O/c1-12-2-5-16(19(20)26)18(6-12)25-11-17(23-24-25)14-7-15(10-21-9-14)22-8-13-3-4-13/h2,5-7,9-11,13,22H,3-4,8H2,1H3,(H2,20,26). The minimum Gasteiger partial charge on any atom is -0.384 e. The average molecular weight is 348 g/mol. The second-order valence-electron chi connectivity index (χ2n) is 6.72. The van der Waals surface area contributed by atoms with Crippen LogP contribution in [0.15, 0.2) is 42.9 Å². The summed E-state index contributed by atoms with van der Waals surface area (Å²) in [7, 11) is 0. The van der Waals surface area contributed by atoms with Crippen molar-refractivity contribution in [3.05, 3.63) is 54.0 Å². The summed E-state index contributed by atoms with van der Waals surface area (Å²) in [4.78, 5) is 16.0. The Morgan fingerprint density at radius 2 is 2.15 bits per heavy atom. The fraction of sp³-hybridized carbons (Fsp3) is 0.263. The van der Waals surface area contributed by atoms with Crippen LogP contribution in [0.5, 0.6) is 0 Å². The summed E-state index contributed by atoms with van der Waals surface area (Å²) in [6.45, 7) is 2.92. The number of rotatable bonds is 6. The predicted octanol–water partition coefficient (Wildman–Crippen LogP) is 2.56. The maximum absolute atomic E-state index is 11.7. The number of nitrogens with zero attached hydrogens (tertiary/aromatic N) is 4. The van der Waals surface area contributed by atoms with Gasteiger partial charge >= 0.3 is 0 Å². The summed E-state index contributed by atoms with van der Waals surface area (Å²) >= 11 is 0. The third-order valence-electron chi connectivity index (χ3n) is 4.48. The zero-order chi connectivity index (χ0) is 18.1. The SMILES string of the molecule is Cc1ccc(C(N)=O)c(-n2cc(-c3cncc(NCC4CC4)c3)nn2)c1. The van der Waals surface area contributed by atoms with Crippen molar-refractivity contribution in [3.8, 4) is 16.9 Å². The van der Waals surface area contributed by atoms with E-state index in [1.807, 2.05) is 31.3 Å². The minimum absolute atomic E-state index is 0.407. The molecule has 4 rings (SSSR count). The van der Waals surface area contributed by atoms with Gasteiger partial charge in [0.15, 0.2) is 0 Å². The number of nitrogens with two attached hydrogens (primary N) is 1. The van der Waals surface area contributed by atoms with Crippen LogP contribution >= 0.6 is 0 Å². The first-order valence-corrected chi connectivity index (χ1v) is 8.62. The normalized spacial score (nSPS) is 13.6. The summed E-state index contributed by atoms with van der Waals surface area (Å²) in [5, 5.41) is 11.8. The van der Waals surface area contributed by atoms with Gasteiger partial charge in [-0.2, -0.15) is 0 Å². The van der Waals surface area contributed by atoms with Gasteiger partial charge in [-0.05, 0) is 49.4 Å². The lowest BCUT2D eigenvalue weighted by Gasteiger charge is -2.07. The third kappa shape index (κ3) is 3.42. The van der Waals surface area contributed by atoms with Crippen LogP contribution in [0.1, 0.15) is 28.8 Å². The topological polar surface area (TPSA) is 98.7 Å². The van der Waals surface area contributed by atoms with Gasteiger partial charge in [0.2, 0.25) is 0 Å². The molecule has 132 valence electrons. The summed E-state index contributed by atoms with van der Waals surface area (Å²) in [5.41, 5.74) is 10.0. The van der Waals surface area contributed by atoms with Crippen molar-refractivity contribution < 1.29 is 4.79 Å². The van der Waals surface area contributed by atoms with Crippen LogP contribution in [0, 0.1) is 12.8 Å². The molecule has 0 aliphatic heterocycles. The molecule has 0 bridgehead atoms. The van der Waals surface area contributed by atoms with E-state index in [9.17, 15) is 4.79 Å². The van der Waals surface area contributed by atoms with Gasteiger partial charge < -0.3 is 11.1 Å². The molecule has 0 atom stereocenters. The van der Waals surface area contributed by atoms with E-state index >= 15 is 0 Å². The number of pyridine rings is 1. The number of hydrogen-bond acceptors (Lipinski definition) is 5. The third-order valence-corrected chi connectivity index (χ3v) is 4.48. The van der Waals surface area contributed by atoms with E-state index in [2.05, 4.69) is 20.6 Å². The molecule has 2 aromatic heterocycles. The van der Waals surface area contributed by atoms with Crippen molar-refractivity contribution in [2.75, 3.05) is 11.9 Å². The predicted molar refractivity (Wildman–Crippen MR) is 99.1 cm³/mol. The fourth-order valence-electron chi connectivity index (χ4n) is 2.81. The Kier molecular flexibility index (Phi) is 4.12. The molecule has 7 heteroatoms. The van der Waals surface area contributed by atoms with Crippen LogP contribution < -0.4 is 11.1 Å². The quantitative estimate of drug-likeness (QED) is 0.713. The van der Waals surface area contributed by atoms with Crippen LogP contribution in [0.25, 0.3) is 16.9 Å². The van der Waals surface area contributed by atoms with Crippen LogP contribution in [0.2, 0.25) is 0 Å². The van der Waals surface area contributed by atoms with E-state index in [-0.39, 0.29) is 0 Å². The lowest BCUT2D eigenvalue weighted by Crippen LogP contribution is -2.15. The van der Waals surface area contributed by atoms with Crippen LogP contribution in [0.3, 0.4) is 0 Å². The molecular formula is C19H20N6O. The summed E-state index contributed by atoms with van der Waals surface area (Å²) in [5.74, 6) is 0.290. The molecule has 0 saturated heterocycles. The van der Waals surface area contributed by atoms with E-state index in [0.29, 0.717) is 16.9 Å². The molecule has 26 heavy (non-hydrogen) atoms. The molecule has 0 radical (unpaired) electrons. The number of benzene rings is 1. The highest BCUT2D eigenvalue weighted by Gasteiger charge is 2.20. The monoisotopic (exact) mass is 348 g/mol. The van der Waals surface area contributed by atoms with Crippen LogP contribution in [-0.2, 0) is 0 Å². The largest absolute Gasteiger partial charge is 0.384 e. The average Bonchev–Trinajstić information content (AvgIpc) is 3.34. The summed E-state index contributed by atoms with van der Waals surface area (Å²) in [6, 6.07) is 7.43. The molecule has 1 aliphatic carbocycles. The van der Waals surface area contributed by atoms with Crippen LogP contribution in [0.4, 0.5) is 5.69 Å². The van der Waals surface area contributed by atoms with Crippen molar-refractivity contribution in [1.29, 1.82) is 0 Å². The van der Waals surface area contributed by atoms with Crippen molar-refractivity contribution in [1.82, 2.24) is 20.0 Å². The van der Waals surface area contributed by atoms with Gasteiger partial charge in [0.05, 0.1) is 23.1 Å². The van der Waals surface area contributed by atoms with Crippen molar-refractivity contribution >= 4 is 11.6 Å². The smallest absolute Gasteiger partial charge is 0.250 e. The zero-order valence-corrected chi connectivity index (χ0v) is 14.5. The Morgan fingerprint density at radius 3 is 2.92 bits per heavy atom. The number of primary amides is 1. The maximum atomic E-state index is 11.7. The number of carbonyl (C=O) groups excluding carboxylic acids is 1. The molecule has 3 N–H and O–H groups in total. The molecule has 0 unspecified atom stereocenters. The molecule has 7 nitrogen and oxygen atoms in total. The number of nitrogens with one attached hydrogen (secondary N) is 1. The van der Waals surface area contributed by atoms with Gasteiger partial charge in [0, 0.05) is 24.5 Å². The van der Waals surface area contributed by atoms with E-state index in [4.69, 9.17) is 5.73 Å². The molecule has 1 amide bonds. The first-order valence-electron chi connectivity index (χ1n) is 8.62. The number of aromatic nitrogens is 4. The number of anilines is 1. The van der Waals surface area contributed by atoms with Crippen molar-refractivity contribution in [2.24, 2.45) is 11.7 Å². The van der Waals surface area contributed by atoms with E-state index in [0.717, 1.165) is 29.3 Å². The Labute approximate surface area is 151 Å². The van der Waals surface area contributed by atoms with Gasteiger partial charge in [0.25, 0.3) is 5.91 Å². The lowest BCUT2D eigenvalue weighted by molar-refractivity contribution is 0.1000. The zero-order valence-electron chi connectivity index (χ0n) is 14.5. The van der Waals surface area contributed by atoms with Gasteiger partial charge in [0.1, 0.15) is 5.69 Å². The molecule has 1 saturated carbocycles.